The van der Waals surface area contributed by atoms with Crippen molar-refractivity contribution >= 4 is 157 Å². The zero-order valence-electron chi connectivity index (χ0n) is 48.1. The third kappa shape index (κ3) is 16.1. The van der Waals surface area contributed by atoms with Gasteiger partial charge in [-0.3, -0.25) is 9.59 Å². The predicted molar refractivity (Wildman–Crippen MR) is 374 cm³/mol. The summed E-state index contributed by atoms with van der Waals surface area (Å²) >= 11 is 16.0. The Balaban J connectivity index is 0.000000179. The van der Waals surface area contributed by atoms with Crippen LogP contribution in [0, 0.1) is 5.77 Å². The normalized spacial score (nSPS) is 12.4. The molecule has 12 heteroatoms. The van der Waals surface area contributed by atoms with Crippen LogP contribution >= 0.6 is 125 Å². The number of carbonyl (C=O) groups excluding carboxylic acids is 2. The Morgan fingerprint density at radius 3 is 1.00 bits per heavy atom. The Labute approximate surface area is 531 Å². The molecule has 0 unspecified atom stereocenters. The van der Waals surface area contributed by atoms with E-state index in [0.717, 1.165) is 47.9 Å². The second-order valence-corrected chi connectivity index (χ2v) is 46.5. The number of halogens is 2. The van der Waals surface area contributed by atoms with Crippen molar-refractivity contribution in [1.82, 2.24) is 0 Å². The molecule has 7 aromatic rings. The molecule has 2 aliphatic carbocycles. The number of ketones is 2. The van der Waals surface area contributed by atoms with E-state index in [1.807, 2.05) is 48.2 Å². The molecule has 78 heavy (non-hydrogen) atoms. The maximum atomic E-state index is 14.1. The predicted octanol–water partition coefficient (Wildman–Crippen LogP) is 25.0. The first-order valence-corrected chi connectivity index (χ1v) is 45.8. The van der Waals surface area contributed by atoms with E-state index in [-0.39, 0.29) is 0 Å². The Bertz CT molecular complexity index is 2710. The zero-order valence-corrected chi connectivity index (χ0v) is 61.0. The van der Waals surface area contributed by atoms with Gasteiger partial charge in [0.1, 0.15) is 0 Å². The SMILES string of the molecule is CCCCCCc1c(-c2cccs2)sc2c1C(=O)c1c-2sc(-c2cccs2)c1CCCCCC.CCCCCCc1c(I)sc2c1C(=O)c1c-2sc(I)c1CCCCCC.CCC[CH2][Sn]([CH2]CCC)([CH2]CCC)[c]1cccs1. The number of rotatable bonds is 32. The molecule has 2 nitrogen and oxygen atoms in total. The Hall–Kier alpha value is -0.501. The number of fused-ring (bicyclic) bond motifs is 6. The van der Waals surface area contributed by atoms with Crippen molar-refractivity contribution in [1.29, 1.82) is 0 Å². The van der Waals surface area contributed by atoms with Crippen LogP contribution in [0.5, 0.6) is 0 Å². The molecule has 0 spiro atoms. The molecule has 0 fully saturated rings. The number of carbonyl (C=O) groups is 2. The van der Waals surface area contributed by atoms with Gasteiger partial charge >= 0.3 is 123 Å². The Kier molecular flexibility index (Phi) is 28.2. The van der Waals surface area contributed by atoms with Gasteiger partial charge in [-0.25, -0.2) is 0 Å². The summed E-state index contributed by atoms with van der Waals surface area (Å²) in [6.45, 7) is 16.1. The van der Waals surface area contributed by atoms with Gasteiger partial charge in [0.2, 0.25) is 0 Å². The third-order valence-corrected chi connectivity index (χ3v) is 44.8. The molecule has 424 valence electrons. The van der Waals surface area contributed by atoms with E-state index in [9.17, 15) is 9.59 Å². The standard InChI is InChI=1S/C29H32OS4.C21H26I2OS2.C4H3S.3C4H9.Sn/c1-3-5-7-9-13-19-23-25(30)24-20(14-10-8-6-4-2)27(22-16-12-18-32-22)34-29(24)28(23)33-26(19)21-15-11-17-31-21;1-3-5-7-9-11-13-15-17(24)16-14(12-10-8-6-4-2)21(23)26-19(16)18(15)25-20(13)22;1-2-4-5-3-1;3*1-3-4-2;/h11-12,15-18H,3-10,13-14H2,1-2H3;3-12H2,1-2H3;1-3H;3*1,3-4H2,2H3;. The molecule has 0 aliphatic heterocycles. The van der Waals surface area contributed by atoms with Crippen molar-refractivity contribution in [2.24, 2.45) is 0 Å². The summed E-state index contributed by atoms with van der Waals surface area (Å²) in [6, 6.07) is 13.5. The van der Waals surface area contributed by atoms with Gasteiger partial charge in [-0.1, -0.05) is 117 Å². The summed E-state index contributed by atoms with van der Waals surface area (Å²) in [6.07, 6.45) is 32.6. The maximum absolute atomic E-state index is 14.1. The van der Waals surface area contributed by atoms with Crippen LogP contribution in [0.3, 0.4) is 0 Å². The van der Waals surface area contributed by atoms with Crippen LogP contribution in [-0.2, 0) is 25.7 Å². The molecule has 0 atom stereocenters. The second kappa shape index (κ2) is 33.8. The van der Waals surface area contributed by atoms with Crippen molar-refractivity contribution in [3.05, 3.63) is 103 Å². The molecule has 7 heterocycles. The van der Waals surface area contributed by atoms with E-state index >= 15 is 0 Å². The van der Waals surface area contributed by atoms with Crippen molar-refractivity contribution in [2.45, 2.75) is 229 Å². The number of hydrogen-bond acceptors (Lipinski definition) is 9. The van der Waals surface area contributed by atoms with Crippen molar-refractivity contribution in [3.8, 4) is 39.0 Å². The summed E-state index contributed by atoms with van der Waals surface area (Å²) in [4.78, 5) is 37.8. The summed E-state index contributed by atoms with van der Waals surface area (Å²) < 4.78 is 9.33. The average Bonchev–Trinajstić information content (AvgIpc) is 4.51. The fourth-order valence-corrected chi connectivity index (χ4v) is 40.7. The first-order valence-electron chi connectivity index (χ1n) is 30.3. The Morgan fingerprint density at radius 2 is 0.679 bits per heavy atom. The molecular weight excluding hydrogens is 1420 g/mol. The zero-order chi connectivity index (χ0) is 55.4. The first kappa shape index (κ1) is 65.0. The number of thiophene rings is 7. The first-order chi connectivity index (χ1) is 38.1. The van der Waals surface area contributed by atoms with Gasteiger partial charge in [-0.2, -0.15) is 0 Å². The molecule has 9 rings (SSSR count). The molecule has 0 aromatic carbocycles. The number of unbranched alkanes of at least 4 members (excludes halogenated alkanes) is 15. The van der Waals surface area contributed by atoms with Gasteiger partial charge in [-0.15, -0.1) is 68.0 Å². The molecule has 0 N–H and O–H groups in total. The molecular formula is C66H88I2O2S7Sn. The van der Waals surface area contributed by atoms with Gasteiger partial charge in [-0.05, 0) is 142 Å². The van der Waals surface area contributed by atoms with Crippen LogP contribution in [0.4, 0.5) is 0 Å². The van der Waals surface area contributed by atoms with E-state index in [1.165, 1.54) is 208 Å². The van der Waals surface area contributed by atoms with E-state index in [0.29, 0.717) is 11.6 Å². The van der Waals surface area contributed by atoms with Crippen LogP contribution < -0.4 is 2.89 Å². The fraction of sp³-hybridized carbons (Fsp3) is 0.545. The van der Waals surface area contributed by atoms with Crippen molar-refractivity contribution < 1.29 is 9.59 Å². The van der Waals surface area contributed by atoms with Crippen LogP contribution in [0.25, 0.3) is 39.0 Å². The van der Waals surface area contributed by atoms with Gasteiger partial charge < -0.3 is 0 Å². The van der Waals surface area contributed by atoms with E-state index in [1.54, 1.807) is 36.0 Å². The van der Waals surface area contributed by atoms with Crippen LogP contribution in [0.1, 0.15) is 244 Å². The quantitative estimate of drug-likeness (QED) is 0.0239. The third-order valence-electron chi connectivity index (χ3n) is 15.9. The minimum atomic E-state index is -2.01. The fourth-order valence-electron chi connectivity index (χ4n) is 11.6. The van der Waals surface area contributed by atoms with Gasteiger partial charge in [0.25, 0.3) is 0 Å². The molecule has 0 saturated heterocycles. The monoisotopic (exact) mass is 1510 g/mol. The summed E-state index contributed by atoms with van der Waals surface area (Å²) in [5.74, 6) is 0.628. The van der Waals surface area contributed by atoms with Crippen LogP contribution in [-0.4, -0.2) is 29.9 Å². The molecule has 2 aliphatic rings. The second-order valence-electron chi connectivity index (χ2n) is 21.8. The summed E-state index contributed by atoms with van der Waals surface area (Å²) in [5, 5.41) is 6.62. The molecule has 0 saturated carbocycles. The average molecular weight is 1510 g/mol. The molecule has 0 amide bonds. The van der Waals surface area contributed by atoms with Crippen molar-refractivity contribution in [3.63, 3.8) is 0 Å². The Morgan fingerprint density at radius 1 is 0.359 bits per heavy atom. The van der Waals surface area contributed by atoms with E-state index in [4.69, 9.17) is 0 Å². The van der Waals surface area contributed by atoms with Gasteiger partial charge in [0, 0.05) is 41.8 Å². The summed E-state index contributed by atoms with van der Waals surface area (Å²) in [5.41, 5.74) is 9.51. The topological polar surface area (TPSA) is 34.1 Å². The van der Waals surface area contributed by atoms with Crippen LogP contribution in [0.15, 0.2) is 52.5 Å². The summed E-state index contributed by atoms with van der Waals surface area (Å²) in [7, 11) is 0. The van der Waals surface area contributed by atoms with Crippen molar-refractivity contribution in [2.75, 3.05) is 0 Å². The molecule has 0 radical (unpaired) electrons. The van der Waals surface area contributed by atoms with Gasteiger partial charge in [0.15, 0.2) is 11.6 Å². The molecule has 7 aromatic heterocycles. The molecule has 0 bridgehead atoms. The van der Waals surface area contributed by atoms with E-state index in [2.05, 4.69) is 158 Å². The van der Waals surface area contributed by atoms with Crippen LogP contribution in [0.2, 0.25) is 13.3 Å². The van der Waals surface area contributed by atoms with E-state index < -0.39 is 18.4 Å². The minimum absolute atomic E-state index is 0.305. The van der Waals surface area contributed by atoms with Gasteiger partial charge in [0.05, 0.1) is 25.3 Å². The number of hydrogen-bond donors (Lipinski definition) is 0.